The van der Waals surface area contributed by atoms with Gasteiger partial charge in [0, 0.05) is 17.0 Å². The van der Waals surface area contributed by atoms with E-state index in [2.05, 4.69) is 52.2 Å². The lowest BCUT2D eigenvalue weighted by Gasteiger charge is -2.08. The molecule has 2 aromatic rings. The highest BCUT2D eigenvalue weighted by molar-refractivity contribution is 7.98. The van der Waals surface area contributed by atoms with Crippen molar-refractivity contribution in [1.29, 1.82) is 0 Å². The summed E-state index contributed by atoms with van der Waals surface area (Å²) >= 11 is 7.20. The van der Waals surface area contributed by atoms with Crippen molar-refractivity contribution in [3.05, 3.63) is 34.9 Å². The molecule has 0 spiro atoms. The van der Waals surface area contributed by atoms with Crippen molar-refractivity contribution in [2.45, 2.75) is 88.9 Å². The normalized spacial score (nSPS) is 11.2. The van der Waals surface area contributed by atoms with Crippen LogP contribution in [0.4, 0.5) is 0 Å². The van der Waals surface area contributed by atoms with E-state index in [9.17, 15) is 0 Å². The van der Waals surface area contributed by atoms with E-state index in [1.165, 1.54) is 75.5 Å². The van der Waals surface area contributed by atoms with Crippen molar-refractivity contribution in [1.82, 2.24) is 14.8 Å². The number of thioether (sulfide) groups is 1. The summed E-state index contributed by atoms with van der Waals surface area (Å²) in [5.41, 5.74) is 1.10. The molecule has 0 aliphatic heterocycles. The third-order valence-electron chi connectivity index (χ3n) is 5.08. The van der Waals surface area contributed by atoms with Crippen molar-refractivity contribution < 1.29 is 0 Å². The van der Waals surface area contributed by atoms with E-state index in [4.69, 9.17) is 12.2 Å². The summed E-state index contributed by atoms with van der Waals surface area (Å²) in [7, 11) is 0. The smallest absolute Gasteiger partial charge is 0.199 e. The van der Waals surface area contributed by atoms with Crippen molar-refractivity contribution >= 4 is 24.0 Å². The Morgan fingerprint density at radius 1 is 0.889 bits per heavy atom. The van der Waals surface area contributed by atoms with Crippen LogP contribution in [0.15, 0.2) is 29.2 Å². The summed E-state index contributed by atoms with van der Waals surface area (Å²) in [6.45, 7) is 2.28. The zero-order valence-corrected chi connectivity index (χ0v) is 18.6. The Morgan fingerprint density at radius 2 is 1.44 bits per heavy atom. The molecule has 0 saturated heterocycles. The van der Waals surface area contributed by atoms with Gasteiger partial charge in [0.15, 0.2) is 4.77 Å². The van der Waals surface area contributed by atoms with Gasteiger partial charge < -0.3 is 0 Å². The molecule has 0 fully saturated rings. The molecule has 0 radical (unpaired) electrons. The average molecular weight is 406 g/mol. The lowest BCUT2D eigenvalue weighted by molar-refractivity contribution is 0.547. The number of H-pyrrole nitrogens is 1. The molecule has 0 saturated carbocycles. The van der Waals surface area contributed by atoms with Gasteiger partial charge in [-0.3, -0.25) is 9.67 Å². The Hall–Kier alpha value is -1.07. The van der Waals surface area contributed by atoms with Gasteiger partial charge in [-0.05, 0) is 49.2 Å². The number of benzene rings is 1. The fourth-order valence-corrected chi connectivity index (χ4v) is 4.11. The Labute approximate surface area is 174 Å². The summed E-state index contributed by atoms with van der Waals surface area (Å²) in [4.78, 5) is 1.26. The summed E-state index contributed by atoms with van der Waals surface area (Å²) < 4.78 is 2.76. The van der Waals surface area contributed by atoms with Gasteiger partial charge in [-0.2, -0.15) is 5.10 Å². The third kappa shape index (κ3) is 7.82. The summed E-state index contributed by atoms with van der Waals surface area (Å²) in [5.74, 6) is 1.05. The van der Waals surface area contributed by atoms with Crippen molar-refractivity contribution in [2.24, 2.45) is 0 Å². The van der Waals surface area contributed by atoms with Crippen LogP contribution >= 0.6 is 24.0 Å². The Balaban J connectivity index is 1.67. The van der Waals surface area contributed by atoms with Crippen molar-refractivity contribution in [3.63, 3.8) is 0 Å². The summed E-state index contributed by atoms with van der Waals surface area (Å²) in [6, 6.07) is 8.53. The standard InChI is InChI=1S/C22H35N3S2/c1-3-4-5-6-7-8-9-10-11-12-13-14-21-23-24-22(26)25(21)19-15-17-20(27-2)18-16-19/h15-18H,3-14H2,1-2H3,(H,24,26). The topological polar surface area (TPSA) is 33.6 Å². The highest BCUT2D eigenvalue weighted by atomic mass is 32.2. The second-order valence-electron chi connectivity index (χ2n) is 7.26. The molecule has 3 nitrogen and oxygen atoms in total. The van der Waals surface area contributed by atoms with Gasteiger partial charge in [-0.1, -0.05) is 71.1 Å². The van der Waals surface area contributed by atoms with Gasteiger partial charge in [-0.25, -0.2) is 0 Å². The number of aromatic amines is 1. The monoisotopic (exact) mass is 405 g/mol. The molecule has 0 aliphatic carbocycles. The van der Waals surface area contributed by atoms with E-state index in [1.807, 2.05) is 0 Å². The quantitative estimate of drug-likeness (QED) is 0.201. The molecule has 150 valence electrons. The van der Waals surface area contributed by atoms with Gasteiger partial charge in [0.25, 0.3) is 0 Å². The SMILES string of the molecule is CCCCCCCCCCCCCc1n[nH]c(=S)n1-c1ccc(SC)cc1. The van der Waals surface area contributed by atoms with Crippen LogP contribution in [0.5, 0.6) is 0 Å². The van der Waals surface area contributed by atoms with Crippen LogP contribution in [0.2, 0.25) is 0 Å². The molecule has 0 aliphatic rings. The number of aryl methyl sites for hydroxylation is 1. The second kappa shape index (κ2) is 13.2. The Bertz CT molecular complexity index is 688. The minimum absolute atomic E-state index is 0.685. The number of rotatable bonds is 14. The van der Waals surface area contributed by atoms with E-state index in [-0.39, 0.29) is 0 Å². The molecule has 1 heterocycles. The first-order valence-electron chi connectivity index (χ1n) is 10.6. The first kappa shape index (κ1) is 22.2. The van der Waals surface area contributed by atoms with Gasteiger partial charge in [0.2, 0.25) is 0 Å². The number of hydrogen-bond donors (Lipinski definition) is 1. The summed E-state index contributed by atoms with van der Waals surface area (Å²) in [6.07, 6.45) is 18.1. The third-order valence-corrected chi connectivity index (χ3v) is 6.09. The molecule has 0 bridgehead atoms. The van der Waals surface area contributed by atoms with Gasteiger partial charge >= 0.3 is 0 Å². The number of nitrogens with zero attached hydrogens (tertiary/aromatic N) is 2. The van der Waals surface area contributed by atoms with Gasteiger partial charge in [0.05, 0.1) is 0 Å². The number of aromatic nitrogens is 3. The maximum absolute atomic E-state index is 5.44. The van der Waals surface area contributed by atoms with Gasteiger partial charge in [0.1, 0.15) is 5.82 Å². The predicted octanol–water partition coefficient (Wildman–Crippen LogP) is 7.51. The average Bonchev–Trinajstić information content (AvgIpc) is 3.06. The van der Waals surface area contributed by atoms with Crippen LogP contribution in [0.25, 0.3) is 5.69 Å². The molecule has 2 rings (SSSR count). The van der Waals surface area contributed by atoms with E-state index in [0.29, 0.717) is 4.77 Å². The zero-order chi connectivity index (χ0) is 19.3. The highest BCUT2D eigenvalue weighted by Crippen LogP contribution is 2.19. The van der Waals surface area contributed by atoms with Crippen LogP contribution in [-0.2, 0) is 6.42 Å². The molecule has 1 aromatic heterocycles. The first-order valence-corrected chi connectivity index (χ1v) is 12.2. The van der Waals surface area contributed by atoms with Crippen LogP contribution in [0.3, 0.4) is 0 Å². The maximum Gasteiger partial charge on any atom is 0.199 e. The Morgan fingerprint density at radius 3 is 2.00 bits per heavy atom. The zero-order valence-electron chi connectivity index (χ0n) is 17.0. The number of nitrogens with one attached hydrogen (secondary N) is 1. The molecular formula is C22H35N3S2. The van der Waals surface area contributed by atoms with Crippen LogP contribution < -0.4 is 0 Å². The molecule has 1 aromatic carbocycles. The van der Waals surface area contributed by atoms with Crippen LogP contribution in [0.1, 0.15) is 83.4 Å². The van der Waals surface area contributed by atoms with E-state index in [1.54, 1.807) is 11.8 Å². The largest absolute Gasteiger partial charge is 0.272 e. The maximum atomic E-state index is 5.44. The van der Waals surface area contributed by atoms with E-state index in [0.717, 1.165) is 17.9 Å². The van der Waals surface area contributed by atoms with Gasteiger partial charge in [-0.15, -0.1) is 11.8 Å². The first-order chi connectivity index (χ1) is 13.3. The van der Waals surface area contributed by atoms with Crippen molar-refractivity contribution in [2.75, 3.05) is 6.26 Å². The molecule has 0 atom stereocenters. The van der Waals surface area contributed by atoms with Crippen LogP contribution in [-0.4, -0.2) is 21.0 Å². The fourth-order valence-electron chi connectivity index (χ4n) is 3.44. The highest BCUT2D eigenvalue weighted by Gasteiger charge is 2.08. The lowest BCUT2D eigenvalue weighted by Crippen LogP contribution is -2.01. The molecule has 27 heavy (non-hydrogen) atoms. The van der Waals surface area contributed by atoms with E-state index < -0.39 is 0 Å². The molecular weight excluding hydrogens is 370 g/mol. The molecule has 1 N–H and O–H groups in total. The minimum atomic E-state index is 0.685. The van der Waals surface area contributed by atoms with E-state index >= 15 is 0 Å². The minimum Gasteiger partial charge on any atom is -0.272 e. The number of hydrogen-bond acceptors (Lipinski definition) is 3. The molecule has 5 heteroatoms. The number of unbranched alkanes of at least 4 members (excludes halogenated alkanes) is 10. The predicted molar refractivity (Wildman–Crippen MR) is 121 cm³/mol. The summed E-state index contributed by atoms with van der Waals surface area (Å²) in [5, 5.41) is 7.42. The second-order valence-corrected chi connectivity index (χ2v) is 8.53. The van der Waals surface area contributed by atoms with Crippen molar-refractivity contribution in [3.8, 4) is 5.69 Å². The Kier molecular flexibility index (Phi) is 10.8. The van der Waals surface area contributed by atoms with Crippen LogP contribution in [0, 0.1) is 4.77 Å². The fraction of sp³-hybridized carbons (Fsp3) is 0.636. The lowest BCUT2D eigenvalue weighted by atomic mass is 10.1. The molecule has 0 unspecified atom stereocenters. The molecule has 0 amide bonds.